The minimum Gasteiger partial charge on any atom is -0.0651 e. The molecule has 0 spiro atoms. The van der Waals surface area contributed by atoms with Crippen molar-refractivity contribution in [3.05, 3.63) is 0 Å². The van der Waals surface area contributed by atoms with E-state index in [1.165, 1.54) is 32.1 Å². The van der Waals surface area contributed by atoms with Gasteiger partial charge in [-0.15, -0.1) is 0 Å². The molecule has 0 saturated heterocycles. The molecular weight excluding hydrogens is 360 g/mol. The standard InChI is InChI=1S/C30H54/c1-8-23(20(2)3)12-11-22(5)26-15-16-27-24-13-14-25-21(4)10-9-18-29(25,6)28(24)17-19-30(26,27)7/h20-28H,8-19H2,1-7H3/t21-,22-,23-,24+,25?,26-,27+,28+,29+,30-/m1/s1. The van der Waals surface area contributed by atoms with Crippen molar-refractivity contribution in [2.24, 2.45) is 64.1 Å². The molecule has 0 heteroatoms. The van der Waals surface area contributed by atoms with Crippen LogP contribution in [-0.4, -0.2) is 0 Å². The highest BCUT2D eigenvalue weighted by atomic mass is 14.7. The number of rotatable bonds is 6. The molecule has 4 aliphatic carbocycles. The highest BCUT2D eigenvalue weighted by Gasteiger charge is 2.60. The Morgan fingerprint density at radius 3 is 2.17 bits per heavy atom. The summed E-state index contributed by atoms with van der Waals surface area (Å²) in [5.74, 6) is 8.93. The third-order valence-electron chi connectivity index (χ3n) is 12.2. The molecule has 4 fully saturated rings. The van der Waals surface area contributed by atoms with Crippen LogP contribution in [0.25, 0.3) is 0 Å². The highest BCUT2D eigenvalue weighted by molar-refractivity contribution is 5.09. The van der Waals surface area contributed by atoms with E-state index in [9.17, 15) is 0 Å². The van der Waals surface area contributed by atoms with Crippen molar-refractivity contribution in [3.8, 4) is 0 Å². The van der Waals surface area contributed by atoms with Gasteiger partial charge >= 0.3 is 0 Å². The van der Waals surface area contributed by atoms with E-state index in [1.54, 1.807) is 44.9 Å². The molecule has 4 aliphatic rings. The van der Waals surface area contributed by atoms with E-state index >= 15 is 0 Å². The Labute approximate surface area is 189 Å². The molecule has 0 heterocycles. The number of fused-ring (bicyclic) bond motifs is 5. The molecule has 30 heavy (non-hydrogen) atoms. The summed E-state index contributed by atoms with van der Waals surface area (Å²) in [4.78, 5) is 0. The maximum Gasteiger partial charge on any atom is -0.0264 e. The summed E-state index contributed by atoms with van der Waals surface area (Å²) in [6.07, 6.45) is 18.2. The average Bonchev–Trinajstić information content (AvgIpc) is 3.05. The minimum absolute atomic E-state index is 0.656. The first kappa shape index (κ1) is 23.2. The third kappa shape index (κ3) is 3.73. The Balaban J connectivity index is 1.46. The summed E-state index contributed by atoms with van der Waals surface area (Å²) in [5, 5.41) is 0. The Morgan fingerprint density at radius 1 is 0.767 bits per heavy atom. The normalized spacial score (nSPS) is 48.0. The molecule has 0 aromatic heterocycles. The predicted molar refractivity (Wildman–Crippen MR) is 131 cm³/mol. The SMILES string of the molecule is CC[C@H](CC[C@@H](C)[C@H]1CC[C@H]2[C@@H]3CCC4[C@H](C)CCC[C@]4(C)[C@H]3CC[C@]12C)C(C)C. The van der Waals surface area contributed by atoms with E-state index in [0.29, 0.717) is 10.8 Å². The molecule has 0 aliphatic heterocycles. The molecule has 0 aromatic carbocycles. The fraction of sp³-hybridized carbons (Fsp3) is 1.00. The quantitative estimate of drug-likeness (QED) is 0.406. The van der Waals surface area contributed by atoms with Crippen molar-refractivity contribution in [1.82, 2.24) is 0 Å². The topological polar surface area (TPSA) is 0 Å². The van der Waals surface area contributed by atoms with E-state index in [4.69, 9.17) is 0 Å². The first-order valence-corrected chi connectivity index (χ1v) is 14.2. The second-order valence-corrected chi connectivity index (χ2v) is 13.6. The molecule has 0 amide bonds. The lowest BCUT2D eigenvalue weighted by molar-refractivity contribution is -0.127. The van der Waals surface area contributed by atoms with Crippen LogP contribution in [0.2, 0.25) is 0 Å². The minimum atomic E-state index is 0.656. The zero-order valence-corrected chi connectivity index (χ0v) is 21.7. The van der Waals surface area contributed by atoms with Gasteiger partial charge in [-0.25, -0.2) is 0 Å². The van der Waals surface area contributed by atoms with Gasteiger partial charge in [-0.3, -0.25) is 0 Å². The second-order valence-electron chi connectivity index (χ2n) is 13.6. The van der Waals surface area contributed by atoms with E-state index in [0.717, 1.165) is 53.3 Å². The first-order chi connectivity index (χ1) is 14.2. The highest BCUT2D eigenvalue weighted by Crippen LogP contribution is 2.68. The van der Waals surface area contributed by atoms with Crippen LogP contribution in [0, 0.1) is 64.1 Å². The zero-order valence-electron chi connectivity index (χ0n) is 21.7. The van der Waals surface area contributed by atoms with Crippen molar-refractivity contribution in [1.29, 1.82) is 0 Å². The van der Waals surface area contributed by atoms with Crippen molar-refractivity contribution in [2.45, 2.75) is 126 Å². The van der Waals surface area contributed by atoms with Crippen molar-refractivity contribution in [3.63, 3.8) is 0 Å². The van der Waals surface area contributed by atoms with Crippen LogP contribution in [-0.2, 0) is 0 Å². The lowest BCUT2D eigenvalue weighted by atomic mass is 9.43. The molecular formula is C30H54. The smallest absolute Gasteiger partial charge is 0.0264 e. The summed E-state index contributed by atoms with van der Waals surface area (Å²) in [7, 11) is 0. The van der Waals surface area contributed by atoms with E-state index in [2.05, 4.69) is 48.5 Å². The van der Waals surface area contributed by atoms with Crippen LogP contribution in [0.3, 0.4) is 0 Å². The fourth-order valence-electron chi connectivity index (χ4n) is 10.5. The van der Waals surface area contributed by atoms with Gasteiger partial charge in [0.1, 0.15) is 0 Å². The maximum absolute atomic E-state index is 2.76. The summed E-state index contributed by atoms with van der Waals surface area (Å²) in [6, 6.07) is 0. The molecule has 1 unspecified atom stereocenters. The molecule has 0 radical (unpaired) electrons. The van der Waals surface area contributed by atoms with Crippen LogP contribution in [0.5, 0.6) is 0 Å². The first-order valence-electron chi connectivity index (χ1n) is 14.2. The average molecular weight is 415 g/mol. The lowest BCUT2D eigenvalue weighted by Gasteiger charge is -2.62. The van der Waals surface area contributed by atoms with Crippen LogP contribution >= 0.6 is 0 Å². The summed E-state index contributed by atoms with van der Waals surface area (Å²) in [5.41, 5.74) is 1.33. The molecule has 0 nitrogen and oxygen atoms in total. The van der Waals surface area contributed by atoms with Crippen molar-refractivity contribution >= 4 is 0 Å². The van der Waals surface area contributed by atoms with Crippen LogP contribution in [0.1, 0.15) is 126 Å². The Bertz CT molecular complexity index is 577. The molecule has 0 N–H and O–H groups in total. The number of hydrogen-bond donors (Lipinski definition) is 0. The molecule has 4 saturated carbocycles. The van der Waals surface area contributed by atoms with Gasteiger partial charge < -0.3 is 0 Å². The molecule has 0 bridgehead atoms. The summed E-state index contributed by atoms with van der Waals surface area (Å²) < 4.78 is 0. The largest absolute Gasteiger partial charge is 0.0651 e. The molecule has 174 valence electrons. The van der Waals surface area contributed by atoms with E-state index < -0.39 is 0 Å². The zero-order chi connectivity index (χ0) is 21.7. The van der Waals surface area contributed by atoms with Gasteiger partial charge in [0.15, 0.2) is 0 Å². The van der Waals surface area contributed by atoms with Gasteiger partial charge in [-0.2, -0.15) is 0 Å². The monoisotopic (exact) mass is 414 g/mol. The predicted octanol–water partition coefficient (Wildman–Crippen LogP) is 9.38. The van der Waals surface area contributed by atoms with Crippen LogP contribution in [0.4, 0.5) is 0 Å². The van der Waals surface area contributed by atoms with Gasteiger partial charge in [0.25, 0.3) is 0 Å². The van der Waals surface area contributed by atoms with E-state index in [-0.39, 0.29) is 0 Å². The van der Waals surface area contributed by atoms with Crippen molar-refractivity contribution in [2.75, 3.05) is 0 Å². The van der Waals surface area contributed by atoms with Crippen LogP contribution in [0.15, 0.2) is 0 Å². The third-order valence-corrected chi connectivity index (χ3v) is 12.2. The lowest BCUT2D eigenvalue weighted by Crippen LogP contribution is -2.54. The van der Waals surface area contributed by atoms with Gasteiger partial charge in [0.05, 0.1) is 0 Å². The Hall–Kier alpha value is 0. The van der Waals surface area contributed by atoms with Gasteiger partial charge in [0.2, 0.25) is 0 Å². The van der Waals surface area contributed by atoms with E-state index in [1.807, 2.05) is 0 Å². The van der Waals surface area contributed by atoms with Crippen molar-refractivity contribution < 1.29 is 0 Å². The summed E-state index contributed by atoms with van der Waals surface area (Å²) in [6.45, 7) is 18.0. The van der Waals surface area contributed by atoms with Gasteiger partial charge in [-0.1, -0.05) is 74.1 Å². The fourth-order valence-corrected chi connectivity index (χ4v) is 10.5. The number of hydrogen-bond acceptors (Lipinski definition) is 0. The Kier molecular flexibility index (Phi) is 6.75. The molecule has 4 rings (SSSR count). The van der Waals surface area contributed by atoms with Gasteiger partial charge in [-0.05, 0) is 115 Å². The van der Waals surface area contributed by atoms with Gasteiger partial charge in [0, 0.05) is 0 Å². The van der Waals surface area contributed by atoms with Crippen LogP contribution < -0.4 is 0 Å². The summed E-state index contributed by atoms with van der Waals surface area (Å²) >= 11 is 0. The maximum atomic E-state index is 2.76. The second kappa shape index (κ2) is 8.74. The molecule has 0 aromatic rings. The molecule has 10 atom stereocenters. The Morgan fingerprint density at radius 2 is 1.47 bits per heavy atom.